The number of hydrogen-bond donors (Lipinski definition) is 1. The molecule has 1 N–H and O–H groups in total. The summed E-state index contributed by atoms with van der Waals surface area (Å²) in [6.07, 6.45) is 5.55. The molecule has 0 aromatic carbocycles. The molecule has 2 saturated heterocycles. The number of ether oxygens (including phenoxy) is 4. The molecule has 3 aliphatic rings. The molecular weight excluding hydrogens is 468 g/mol. The number of aliphatic hydroxyl groups excluding tert-OH is 1. The zero-order valence-electron chi connectivity index (χ0n) is 21.9. The van der Waals surface area contributed by atoms with Crippen LogP contribution < -0.4 is 0 Å². The lowest BCUT2D eigenvalue weighted by atomic mass is 9.74. The van der Waals surface area contributed by atoms with Crippen molar-refractivity contribution in [2.75, 3.05) is 7.11 Å². The van der Waals surface area contributed by atoms with Gasteiger partial charge in [0, 0.05) is 12.0 Å². The SMILES string of the molecule is CCCCCC[C@@H](O)[C@@]1(C[C@@H]2C(=O)O[C@@H]3[C@H]2C(=O)O[C@@H]3CCCCCC)OC(=O)C(C)=C1C(=O)OC. The Kier molecular flexibility index (Phi) is 9.55. The van der Waals surface area contributed by atoms with Gasteiger partial charge in [0.1, 0.15) is 12.0 Å². The van der Waals surface area contributed by atoms with Gasteiger partial charge in [-0.3, -0.25) is 9.59 Å². The molecule has 36 heavy (non-hydrogen) atoms. The summed E-state index contributed by atoms with van der Waals surface area (Å²) in [5.41, 5.74) is -1.88. The van der Waals surface area contributed by atoms with E-state index < -0.39 is 59.6 Å². The van der Waals surface area contributed by atoms with Crippen molar-refractivity contribution in [1.29, 1.82) is 0 Å². The highest BCUT2D eigenvalue weighted by Crippen LogP contribution is 2.48. The first-order valence-electron chi connectivity index (χ1n) is 13.3. The van der Waals surface area contributed by atoms with Crippen LogP contribution in [-0.4, -0.2) is 60.0 Å². The first-order chi connectivity index (χ1) is 17.2. The maximum Gasteiger partial charge on any atom is 0.338 e. The lowest BCUT2D eigenvalue weighted by molar-refractivity contribution is -0.167. The minimum absolute atomic E-state index is 0.0279. The van der Waals surface area contributed by atoms with Crippen molar-refractivity contribution in [2.45, 2.75) is 115 Å². The largest absolute Gasteiger partial charge is 0.466 e. The highest BCUT2D eigenvalue weighted by molar-refractivity contribution is 6.05. The first kappa shape index (κ1) is 28.2. The third kappa shape index (κ3) is 5.45. The van der Waals surface area contributed by atoms with E-state index in [1.54, 1.807) is 0 Å². The Labute approximate surface area is 212 Å². The van der Waals surface area contributed by atoms with Crippen LogP contribution in [0.25, 0.3) is 0 Å². The normalized spacial score (nSPS) is 30.2. The van der Waals surface area contributed by atoms with Crippen LogP contribution in [0.4, 0.5) is 0 Å². The standard InChI is InChI=1S/C27H40O9/c1-5-7-9-11-13-18-22-20(25(31)34-18)17(24(30)35-22)15-27(19(28)14-12-10-8-6-2)21(26(32)33-4)16(3)23(29)36-27/h17-20,22,28H,5-15H2,1-4H3/t17-,18+,19+,20-,22-,27+/m0/s1. The third-order valence-electron chi connectivity index (χ3n) is 7.75. The Hall–Kier alpha value is -2.42. The van der Waals surface area contributed by atoms with Gasteiger partial charge in [-0.15, -0.1) is 0 Å². The number of methoxy groups -OCH3 is 1. The minimum Gasteiger partial charge on any atom is -0.466 e. The monoisotopic (exact) mass is 508 g/mol. The molecule has 6 atom stereocenters. The van der Waals surface area contributed by atoms with Crippen LogP contribution in [0.1, 0.15) is 91.4 Å². The summed E-state index contributed by atoms with van der Waals surface area (Å²) in [4.78, 5) is 51.4. The fourth-order valence-electron chi connectivity index (χ4n) is 5.76. The molecule has 9 nitrogen and oxygen atoms in total. The van der Waals surface area contributed by atoms with Crippen molar-refractivity contribution in [3.63, 3.8) is 0 Å². The lowest BCUT2D eigenvalue weighted by Crippen LogP contribution is -2.50. The highest BCUT2D eigenvalue weighted by atomic mass is 16.6. The van der Waals surface area contributed by atoms with Gasteiger partial charge in [0.15, 0.2) is 11.7 Å². The summed E-state index contributed by atoms with van der Waals surface area (Å²) in [5.74, 6) is -4.61. The average Bonchev–Trinajstić information content (AvgIpc) is 3.43. The fourth-order valence-corrected chi connectivity index (χ4v) is 5.76. The van der Waals surface area contributed by atoms with Crippen molar-refractivity contribution in [1.82, 2.24) is 0 Å². The Morgan fingerprint density at radius 3 is 2.31 bits per heavy atom. The second kappa shape index (κ2) is 12.2. The minimum atomic E-state index is -1.81. The summed E-state index contributed by atoms with van der Waals surface area (Å²) in [6, 6.07) is 0. The number of cyclic esters (lactones) is 2. The van der Waals surface area contributed by atoms with Crippen LogP contribution in [0.15, 0.2) is 11.1 Å². The van der Waals surface area contributed by atoms with Crippen molar-refractivity contribution in [3.05, 3.63) is 11.1 Å². The van der Waals surface area contributed by atoms with E-state index in [1.807, 2.05) is 0 Å². The molecule has 0 amide bonds. The van der Waals surface area contributed by atoms with Crippen molar-refractivity contribution in [2.24, 2.45) is 11.8 Å². The first-order valence-corrected chi connectivity index (χ1v) is 13.3. The van der Waals surface area contributed by atoms with Gasteiger partial charge in [-0.1, -0.05) is 58.8 Å². The predicted octanol–water partition coefficient (Wildman–Crippen LogP) is 3.55. The predicted molar refractivity (Wildman–Crippen MR) is 128 cm³/mol. The summed E-state index contributed by atoms with van der Waals surface area (Å²) >= 11 is 0. The third-order valence-corrected chi connectivity index (χ3v) is 7.75. The second-order valence-corrected chi connectivity index (χ2v) is 10.2. The molecule has 0 saturated carbocycles. The Morgan fingerprint density at radius 2 is 1.67 bits per heavy atom. The molecule has 0 bridgehead atoms. The van der Waals surface area contributed by atoms with Crippen LogP contribution in [0.2, 0.25) is 0 Å². The number of esters is 4. The number of rotatable bonds is 14. The van der Waals surface area contributed by atoms with Crippen LogP contribution in [-0.2, 0) is 38.1 Å². The van der Waals surface area contributed by atoms with Gasteiger partial charge in [-0.25, -0.2) is 9.59 Å². The van der Waals surface area contributed by atoms with Gasteiger partial charge < -0.3 is 24.1 Å². The maximum atomic E-state index is 13.0. The van der Waals surface area contributed by atoms with E-state index in [0.717, 1.165) is 44.9 Å². The molecule has 9 heteroatoms. The molecule has 202 valence electrons. The summed E-state index contributed by atoms with van der Waals surface area (Å²) in [5, 5.41) is 11.3. The molecule has 3 rings (SSSR count). The van der Waals surface area contributed by atoms with E-state index in [1.165, 1.54) is 14.0 Å². The number of carbonyl (C=O) groups is 4. The number of hydrogen-bond acceptors (Lipinski definition) is 9. The smallest absolute Gasteiger partial charge is 0.338 e. The number of carbonyl (C=O) groups excluding carboxylic acids is 4. The Balaban J connectivity index is 1.88. The lowest BCUT2D eigenvalue weighted by Gasteiger charge is -2.36. The number of aliphatic hydroxyl groups is 1. The van der Waals surface area contributed by atoms with Gasteiger partial charge in [0.05, 0.1) is 24.7 Å². The van der Waals surface area contributed by atoms with Crippen LogP contribution in [0, 0.1) is 11.8 Å². The van der Waals surface area contributed by atoms with Gasteiger partial charge in [-0.05, 0) is 26.2 Å². The van der Waals surface area contributed by atoms with Crippen molar-refractivity contribution in [3.8, 4) is 0 Å². The second-order valence-electron chi connectivity index (χ2n) is 10.2. The van der Waals surface area contributed by atoms with Crippen LogP contribution in [0.5, 0.6) is 0 Å². The molecule has 3 aliphatic heterocycles. The highest BCUT2D eigenvalue weighted by Gasteiger charge is 2.63. The molecule has 0 aliphatic carbocycles. The Morgan fingerprint density at radius 1 is 1.00 bits per heavy atom. The number of fused-ring (bicyclic) bond motifs is 1. The Bertz CT molecular complexity index is 878. The van der Waals surface area contributed by atoms with Crippen molar-refractivity contribution >= 4 is 23.9 Å². The van der Waals surface area contributed by atoms with E-state index in [9.17, 15) is 24.3 Å². The molecule has 0 spiro atoms. The van der Waals surface area contributed by atoms with Crippen LogP contribution >= 0.6 is 0 Å². The molecule has 0 radical (unpaired) electrons. The molecule has 0 aromatic heterocycles. The number of unbranched alkanes of at least 4 members (excludes halogenated alkanes) is 6. The van der Waals surface area contributed by atoms with Gasteiger partial charge >= 0.3 is 23.9 Å². The van der Waals surface area contributed by atoms with Gasteiger partial charge in [0.2, 0.25) is 0 Å². The van der Waals surface area contributed by atoms with Crippen molar-refractivity contribution < 1.29 is 43.2 Å². The maximum absolute atomic E-state index is 13.0. The molecule has 2 fully saturated rings. The van der Waals surface area contributed by atoms with Gasteiger partial charge in [0.25, 0.3) is 0 Å². The van der Waals surface area contributed by atoms with E-state index in [2.05, 4.69) is 13.8 Å². The zero-order valence-corrected chi connectivity index (χ0v) is 21.9. The zero-order chi connectivity index (χ0) is 26.5. The van der Waals surface area contributed by atoms with Crippen LogP contribution in [0.3, 0.4) is 0 Å². The summed E-state index contributed by atoms with van der Waals surface area (Å²) in [7, 11) is 1.18. The summed E-state index contributed by atoms with van der Waals surface area (Å²) < 4.78 is 21.8. The molecule has 0 aromatic rings. The summed E-state index contributed by atoms with van der Waals surface area (Å²) in [6.45, 7) is 5.61. The quantitative estimate of drug-likeness (QED) is 0.213. The topological polar surface area (TPSA) is 125 Å². The average molecular weight is 509 g/mol. The van der Waals surface area contributed by atoms with E-state index >= 15 is 0 Å². The van der Waals surface area contributed by atoms with E-state index in [4.69, 9.17) is 18.9 Å². The van der Waals surface area contributed by atoms with Gasteiger partial charge in [-0.2, -0.15) is 0 Å². The van der Waals surface area contributed by atoms with E-state index in [-0.39, 0.29) is 24.0 Å². The fraction of sp³-hybridized carbons (Fsp3) is 0.778. The molecule has 3 heterocycles. The molecule has 0 unspecified atom stereocenters. The van der Waals surface area contributed by atoms with E-state index in [0.29, 0.717) is 12.8 Å². The molecular formula is C27H40O9.